The molecule has 2 aromatic carbocycles. The summed E-state index contributed by atoms with van der Waals surface area (Å²) in [5, 5.41) is 26.2. The number of non-ortho nitro benzene ring substituents is 1. The summed E-state index contributed by atoms with van der Waals surface area (Å²) in [5.41, 5.74) is 1.48. The molecule has 5 rings (SSSR count). The minimum absolute atomic E-state index is 0.0427. The summed E-state index contributed by atoms with van der Waals surface area (Å²) >= 11 is 4.56. The number of halogens is 1. The van der Waals surface area contributed by atoms with E-state index in [0.717, 1.165) is 5.56 Å². The van der Waals surface area contributed by atoms with Crippen molar-refractivity contribution in [2.75, 3.05) is 0 Å². The van der Waals surface area contributed by atoms with Crippen molar-refractivity contribution in [1.29, 1.82) is 5.41 Å². The predicted octanol–water partition coefficient (Wildman–Crippen LogP) is 5.28. The van der Waals surface area contributed by atoms with Crippen LogP contribution in [0.15, 0.2) is 85.2 Å². The number of amides is 1. The number of aliphatic imine (C=N–C) groups is 1. The van der Waals surface area contributed by atoms with E-state index in [2.05, 4.69) is 26.0 Å². The van der Waals surface area contributed by atoms with Crippen LogP contribution in [0.25, 0.3) is 17.4 Å². The molecule has 0 bridgehead atoms. The van der Waals surface area contributed by atoms with Crippen molar-refractivity contribution in [3.05, 3.63) is 92.1 Å². The maximum atomic E-state index is 12.6. The van der Waals surface area contributed by atoms with Crippen LogP contribution < -0.4 is 0 Å². The highest BCUT2D eigenvalue weighted by Crippen LogP contribution is 2.34. The zero-order valence-corrected chi connectivity index (χ0v) is 19.0. The number of nitro benzene ring substituents is 1. The van der Waals surface area contributed by atoms with E-state index in [4.69, 9.17) is 9.83 Å². The summed E-state index contributed by atoms with van der Waals surface area (Å²) in [5.74, 6) is 0.125. The molecule has 0 unspecified atom stereocenters. The molecule has 11 heteroatoms. The molecule has 3 aromatic rings. The monoisotopic (exact) mass is 521 g/mol. The molecule has 0 saturated carbocycles. The lowest BCUT2D eigenvalue weighted by Gasteiger charge is -2.19. The number of hydrogen-bond acceptors (Lipinski definition) is 7. The van der Waals surface area contributed by atoms with Gasteiger partial charge in [0.05, 0.1) is 10.5 Å². The van der Waals surface area contributed by atoms with Gasteiger partial charge in [-0.05, 0) is 52.0 Å². The van der Waals surface area contributed by atoms with Crippen LogP contribution in [0.5, 0.6) is 0 Å². The minimum atomic E-state index is -0.558. The number of carbonyl (C=O) groups is 1. The first-order valence-corrected chi connectivity index (χ1v) is 11.1. The average Bonchev–Trinajstić information content (AvgIpc) is 3.44. The summed E-state index contributed by atoms with van der Waals surface area (Å²) < 4.78 is 6.32. The smallest absolute Gasteiger partial charge is 0.283 e. The number of amidine groups is 2. The van der Waals surface area contributed by atoms with Gasteiger partial charge in [0, 0.05) is 27.7 Å². The number of fused-ring (bicyclic) bond motifs is 1. The van der Waals surface area contributed by atoms with E-state index >= 15 is 0 Å². The topological polar surface area (TPSA) is 125 Å². The quantitative estimate of drug-likeness (QED) is 0.282. The van der Waals surface area contributed by atoms with Gasteiger partial charge < -0.3 is 4.42 Å². The highest BCUT2D eigenvalue weighted by molar-refractivity contribution is 9.10. The van der Waals surface area contributed by atoms with Gasteiger partial charge in [0.2, 0.25) is 5.17 Å². The molecule has 0 saturated heterocycles. The van der Waals surface area contributed by atoms with E-state index < -0.39 is 10.8 Å². The summed E-state index contributed by atoms with van der Waals surface area (Å²) in [4.78, 5) is 27.2. The van der Waals surface area contributed by atoms with E-state index in [1.54, 1.807) is 18.2 Å². The highest BCUT2D eigenvalue weighted by Gasteiger charge is 2.36. The molecule has 0 atom stereocenters. The van der Waals surface area contributed by atoms with Gasteiger partial charge in [0.1, 0.15) is 16.6 Å². The highest BCUT2D eigenvalue weighted by atomic mass is 79.9. The molecule has 2 aliphatic rings. The molecule has 0 aliphatic carbocycles. The largest absolute Gasteiger partial charge is 0.457 e. The molecule has 1 N–H and O–H groups in total. The number of thioether (sulfide) groups is 1. The molecule has 33 heavy (non-hydrogen) atoms. The molecule has 0 fully saturated rings. The first kappa shape index (κ1) is 21.0. The van der Waals surface area contributed by atoms with Crippen molar-refractivity contribution >= 4 is 61.4 Å². The van der Waals surface area contributed by atoms with E-state index in [-0.39, 0.29) is 17.1 Å². The van der Waals surface area contributed by atoms with Crippen LogP contribution >= 0.6 is 27.7 Å². The Balaban J connectivity index is 1.44. The molecule has 1 aromatic heterocycles. The maximum Gasteiger partial charge on any atom is 0.283 e. The Bertz CT molecular complexity index is 1430. The lowest BCUT2D eigenvalue weighted by molar-refractivity contribution is -0.384. The van der Waals surface area contributed by atoms with Crippen molar-refractivity contribution < 1.29 is 14.1 Å². The van der Waals surface area contributed by atoms with Crippen molar-refractivity contribution in [2.45, 2.75) is 0 Å². The van der Waals surface area contributed by atoms with Crippen LogP contribution in [0.4, 0.5) is 5.69 Å². The van der Waals surface area contributed by atoms with Crippen LogP contribution in [0.3, 0.4) is 0 Å². The van der Waals surface area contributed by atoms with Crippen molar-refractivity contribution in [3.63, 3.8) is 0 Å². The van der Waals surface area contributed by atoms with Gasteiger partial charge in [0.25, 0.3) is 11.6 Å². The summed E-state index contributed by atoms with van der Waals surface area (Å²) in [7, 11) is 0. The second-order valence-electron chi connectivity index (χ2n) is 6.91. The fourth-order valence-corrected chi connectivity index (χ4v) is 4.68. The Labute approximate surface area is 199 Å². The van der Waals surface area contributed by atoms with Gasteiger partial charge in [0.15, 0.2) is 5.84 Å². The lowest BCUT2D eigenvalue weighted by atomic mass is 10.1. The standard InChI is InChI=1S/C22H12BrN5O4S/c23-17-10-13(28(30)31)6-8-15(17)18-9-7-14(32-18)11-16-19(24)27-22(25-20(16)29)33-21(26-27)12-4-2-1-3-5-12/h1-11,24H. The Kier molecular flexibility index (Phi) is 5.27. The number of nitrogens with one attached hydrogen (secondary N) is 1. The van der Waals surface area contributed by atoms with Crippen LogP contribution in [-0.4, -0.2) is 31.9 Å². The van der Waals surface area contributed by atoms with E-state index in [1.165, 1.54) is 35.0 Å². The zero-order chi connectivity index (χ0) is 23.1. The van der Waals surface area contributed by atoms with Crippen LogP contribution in [0.1, 0.15) is 11.3 Å². The minimum Gasteiger partial charge on any atom is -0.457 e. The lowest BCUT2D eigenvalue weighted by Crippen LogP contribution is -2.35. The number of carbonyl (C=O) groups excluding carboxylic acids is 1. The first-order chi connectivity index (χ1) is 15.9. The van der Waals surface area contributed by atoms with Crippen LogP contribution in [-0.2, 0) is 4.79 Å². The summed E-state index contributed by atoms with van der Waals surface area (Å²) in [6.45, 7) is 0. The molecule has 3 heterocycles. The normalized spacial score (nSPS) is 16.6. The number of benzene rings is 2. The molecular formula is C22H12BrN5O4S. The Morgan fingerprint density at radius 3 is 2.67 bits per heavy atom. The number of hydrazone groups is 1. The van der Waals surface area contributed by atoms with Crippen molar-refractivity contribution in [1.82, 2.24) is 5.01 Å². The molecule has 2 aliphatic heterocycles. The molecule has 0 spiro atoms. The number of nitrogens with zero attached hydrogens (tertiary/aromatic N) is 4. The fourth-order valence-electron chi connectivity index (χ4n) is 3.22. The van der Waals surface area contributed by atoms with Crippen LogP contribution in [0.2, 0.25) is 0 Å². The Hall–Kier alpha value is -3.83. The average molecular weight is 522 g/mol. The third kappa shape index (κ3) is 3.92. The van der Waals surface area contributed by atoms with Gasteiger partial charge in [-0.3, -0.25) is 20.3 Å². The number of rotatable bonds is 4. The second-order valence-corrected chi connectivity index (χ2v) is 8.72. The third-order valence-electron chi connectivity index (χ3n) is 4.82. The van der Waals surface area contributed by atoms with Gasteiger partial charge >= 0.3 is 0 Å². The van der Waals surface area contributed by atoms with Crippen molar-refractivity contribution in [2.24, 2.45) is 10.1 Å². The first-order valence-electron chi connectivity index (χ1n) is 9.50. The number of furan rings is 1. The number of nitro groups is 1. The molecular weight excluding hydrogens is 510 g/mol. The van der Waals surface area contributed by atoms with Gasteiger partial charge in [-0.2, -0.15) is 15.1 Å². The predicted molar refractivity (Wildman–Crippen MR) is 129 cm³/mol. The maximum absolute atomic E-state index is 12.6. The molecule has 162 valence electrons. The summed E-state index contributed by atoms with van der Waals surface area (Å²) in [6.07, 6.45) is 1.44. The summed E-state index contributed by atoms with van der Waals surface area (Å²) in [6, 6.07) is 17.1. The molecule has 9 nitrogen and oxygen atoms in total. The third-order valence-corrected chi connectivity index (χ3v) is 6.43. The second kappa shape index (κ2) is 8.26. The van der Waals surface area contributed by atoms with E-state index in [9.17, 15) is 14.9 Å². The Morgan fingerprint density at radius 2 is 1.94 bits per heavy atom. The fraction of sp³-hybridized carbons (Fsp3) is 0. The van der Waals surface area contributed by atoms with Gasteiger partial charge in [-0.1, -0.05) is 30.3 Å². The SMILES string of the molecule is N=C1C(=Cc2ccc(-c3ccc([N+](=O)[O-])cc3Br)o2)C(=O)N=C2SC(c3ccccc3)=NN12. The molecule has 0 radical (unpaired) electrons. The number of hydrogen-bond donors (Lipinski definition) is 1. The van der Waals surface area contributed by atoms with E-state index in [0.29, 0.717) is 31.8 Å². The van der Waals surface area contributed by atoms with Gasteiger partial charge in [-0.15, -0.1) is 0 Å². The van der Waals surface area contributed by atoms with Crippen LogP contribution in [0, 0.1) is 15.5 Å². The van der Waals surface area contributed by atoms with E-state index in [1.807, 2.05) is 30.3 Å². The van der Waals surface area contributed by atoms with Gasteiger partial charge in [-0.25, -0.2) is 0 Å². The zero-order valence-electron chi connectivity index (χ0n) is 16.6. The van der Waals surface area contributed by atoms with Crippen molar-refractivity contribution in [3.8, 4) is 11.3 Å². The Morgan fingerprint density at radius 1 is 1.15 bits per heavy atom. The molecule has 1 amide bonds.